The third-order valence-corrected chi connectivity index (χ3v) is 14.6. The van der Waals surface area contributed by atoms with Gasteiger partial charge in [-0.25, -0.2) is 0 Å². The fraction of sp³-hybridized carbons (Fsp3) is 0.149. The van der Waals surface area contributed by atoms with E-state index in [0.29, 0.717) is 0 Å². The van der Waals surface area contributed by atoms with E-state index in [1.165, 1.54) is 9.96 Å². The first kappa shape index (κ1) is 37.0. The Labute approximate surface area is 338 Å². The fourth-order valence-corrected chi connectivity index (χ4v) is 9.51. The smallest absolute Gasteiger partial charge is 0 e. The number of hydrogen-bond acceptors (Lipinski definition) is 5. The van der Waals surface area contributed by atoms with Gasteiger partial charge in [-0.05, 0) is 34.9 Å². The molecule has 0 spiro atoms. The number of pyridine rings is 2. The summed E-state index contributed by atoms with van der Waals surface area (Å²) in [5, 5.41) is 2.06. The number of para-hydroxylation sites is 1. The Kier molecular flexibility index (Phi) is 9.61. The van der Waals surface area contributed by atoms with Crippen LogP contribution in [-0.4, -0.2) is 29.9 Å². The molecule has 0 saturated heterocycles. The molecule has 5 aromatic carbocycles. The van der Waals surface area contributed by atoms with Gasteiger partial charge in [-0.2, -0.15) is 0 Å². The Balaban J connectivity index is 0.000000212. The van der Waals surface area contributed by atoms with Crippen LogP contribution in [0.1, 0.15) is 26.3 Å². The standard InChI is InChI=1S/C32H23BGeNO3.C15H16N.Ir/c1-34(2,3)19-14-15-25(35-18-19)21-9-6-8-20-22-16-30-24(17-29(22)38-32(20)21)33-23-10-4-5-11-26(23)36-27-12-7-13-28(37-30)31(27)33;1-15(2,3)13-9-10-14(16-11-13)12-7-5-4-6-8-12;/h4-8,10-18H,1-3H3;4-7,9-11H,1-3H3;/q2*-1;. The third-order valence-electron chi connectivity index (χ3n) is 10.4. The number of benzene rings is 5. The van der Waals surface area contributed by atoms with Gasteiger partial charge >= 0.3 is 166 Å². The molecule has 55 heavy (non-hydrogen) atoms. The zero-order valence-electron chi connectivity index (χ0n) is 31.7. The van der Waals surface area contributed by atoms with Gasteiger partial charge < -0.3 is 9.72 Å². The van der Waals surface area contributed by atoms with Crippen LogP contribution in [0.3, 0.4) is 0 Å². The first-order valence-electron chi connectivity index (χ1n) is 18.4. The van der Waals surface area contributed by atoms with Crippen LogP contribution in [0.25, 0.3) is 44.5 Å². The molecular formula is C47H39BGeIrN2O3-2. The van der Waals surface area contributed by atoms with Crippen molar-refractivity contribution >= 4 is 62.7 Å². The second kappa shape index (κ2) is 14.3. The largest absolute Gasteiger partial charge is 0 e. The van der Waals surface area contributed by atoms with Crippen molar-refractivity contribution in [2.45, 2.75) is 43.5 Å². The summed E-state index contributed by atoms with van der Waals surface area (Å²) in [5.74, 6) is 10.5. The summed E-state index contributed by atoms with van der Waals surface area (Å²) in [6, 6.07) is 45.6. The number of rotatable bonds is 3. The predicted octanol–water partition coefficient (Wildman–Crippen LogP) is 9.56. The molecule has 10 rings (SSSR count). The topological polar surface area (TPSA) is 57.4 Å². The summed E-state index contributed by atoms with van der Waals surface area (Å²) in [6.45, 7) is 6.59. The fourth-order valence-electron chi connectivity index (χ4n) is 7.34. The summed E-state index contributed by atoms with van der Waals surface area (Å²) in [5.41, 5.74) is 10.1. The minimum Gasteiger partial charge on any atom is 0 e. The minimum absolute atomic E-state index is 0. The van der Waals surface area contributed by atoms with E-state index in [-0.39, 0.29) is 32.2 Å². The zero-order chi connectivity index (χ0) is 37.2. The minimum atomic E-state index is -1.95. The van der Waals surface area contributed by atoms with Crippen molar-refractivity contribution in [2.75, 3.05) is 0 Å². The van der Waals surface area contributed by atoms with E-state index >= 15 is 0 Å². The van der Waals surface area contributed by atoms with Gasteiger partial charge in [-0.1, -0.05) is 57.2 Å². The maximum atomic E-state index is 6.57. The molecule has 0 saturated carbocycles. The first-order valence-corrected chi connectivity index (χ1v) is 25.8. The summed E-state index contributed by atoms with van der Waals surface area (Å²) in [6.07, 6.45) is 3.99. The normalized spacial score (nSPS) is 12.7. The molecule has 0 bridgehead atoms. The van der Waals surface area contributed by atoms with Crippen molar-refractivity contribution in [1.29, 1.82) is 0 Å². The van der Waals surface area contributed by atoms with E-state index in [1.54, 1.807) is 0 Å². The maximum Gasteiger partial charge on any atom is 0 e. The number of hydrogen-bond donors (Lipinski definition) is 0. The van der Waals surface area contributed by atoms with Crippen molar-refractivity contribution in [3.63, 3.8) is 0 Å². The Morgan fingerprint density at radius 3 is 2.05 bits per heavy atom. The molecule has 8 aromatic rings. The average Bonchev–Trinajstić information content (AvgIpc) is 3.54. The van der Waals surface area contributed by atoms with Crippen LogP contribution in [0.2, 0.25) is 17.3 Å². The van der Waals surface area contributed by atoms with Gasteiger partial charge in [0.1, 0.15) is 11.5 Å². The first-order chi connectivity index (χ1) is 26.0. The number of fused-ring (bicyclic) bond motifs is 7. The monoisotopic (exact) mass is 957 g/mol. The quantitative estimate of drug-likeness (QED) is 0.131. The second-order valence-corrected chi connectivity index (χ2v) is 26.7. The van der Waals surface area contributed by atoms with Gasteiger partial charge in [0.25, 0.3) is 0 Å². The molecule has 8 heteroatoms. The molecule has 0 atom stereocenters. The zero-order valence-corrected chi connectivity index (χ0v) is 36.1. The molecule has 0 fully saturated rings. The van der Waals surface area contributed by atoms with Gasteiger partial charge in [0.15, 0.2) is 0 Å². The van der Waals surface area contributed by atoms with Crippen molar-refractivity contribution < 1.29 is 34.0 Å². The third kappa shape index (κ3) is 6.84. The summed E-state index contributed by atoms with van der Waals surface area (Å²) in [7, 11) is 0. The summed E-state index contributed by atoms with van der Waals surface area (Å²) in [4.78, 5) is 9.31. The Hall–Kier alpha value is -4.94. The summed E-state index contributed by atoms with van der Waals surface area (Å²) < 4.78 is 20.7. The van der Waals surface area contributed by atoms with Crippen molar-refractivity contribution in [1.82, 2.24) is 9.97 Å². The number of ether oxygens (including phenoxy) is 2. The van der Waals surface area contributed by atoms with Gasteiger partial charge in [-0.15, -0.1) is 35.9 Å². The van der Waals surface area contributed by atoms with Crippen molar-refractivity contribution in [2.24, 2.45) is 0 Å². The van der Waals surface area contributed by atoms with Gasteiger partial charge in [0, 0.05) is 26.3 Å². The number of nitrogens with zero attached hydrogens (tertiary/aromatic N) is 2. The van der Waals surface area contributed by atoms with Crippen LogP contribution in [0.15, 0.2) is 132 Å². The Morgan fingerprint density at radius 2 is 1.36 bits per heavy atom. The predicted molar refractivity (Wildman–Crippen MR) is 224 cm³/mol. The molecule has 1 radical (unpaired) electrons. The summed E-state index contributed by atoms with van der Waals surface area (Å²) >= 11 is -1.95. The van der Waals surface area contributed by atoms with E-state index in [0.717, 1.165) is 83.8 Å². The molecule has 5 heterocycles. The molecule has 0 N–H and O–H groups in total. The molecular weight excluding hydrogens is 916 g/mol. The molecule has 0 unspecified atom stereocenters. The molecule has 273 valence electrons. The molecule has 2 aliphatic heterocycles. The van der Waals surface area contributed by atoms with E-state index in [4.69, 9.17) is 18.9 Å². The average molecular weight is 955 g/mol. The van der Waals surface area contributed by atoms with Gasteiger partial charge in [-0.3, -0.25) is 0 Å². The van der Waals surface area contributed by atoms with Crippen LogP contribution in [0.5, 0.6) is 23.0 Å². The Bertz CT molecular complexity index is 2680. The van der Waals surface area contributed by atoms with E-state index < -0.39 is 13.3 Å². The van der Waals surface area contributed by atoms with Crippen molar-refractivity contribution in [3.05, 3.63) is 145 Å². The number of furan rings is 1. The van der Waals surface area contributed by atoms with Crippen molar-refractivity contribution in [3.8, 4) is 45.5 Å². The van der Waals surface area contributed by atoms with Gasteiger partial charge in [0.2, 0.25) is 0 Å². The Morgan fingerprint density at radius 1 is 0.636 bits per heavy atom. The van der Waals surface area contributed by atoms with Crippen LogP contribution < -0.4 is 30.3 Å². The van der Waals surface area contributed by atoms with Gasteiger partial charge in [0.05, 0.1) is 0 Å². The van der Waals surface area contributed by atoms with Crippen LogP contribution >= 0.6 is 0 Å². The molecule has 2 aliphatic rings. The van der Waals surface area contributed by atoms with E-state index in [1.807, 2.05) is 73.1 Å². The van der Waals surface area contributed by atoms with E-state index in [2.05, 4.69) is 110 Å². The van der Waals surface area contributed by atoms with Crippen LogP contribution in [0, 0.1) is 12.1 Å². The molecule has 5 nitrogen and oxygen atoms in total. The number of aromatic nitrogens is 2. The van der Waals surface area contributed by atoms with Crippen LogP contribution in [0.4, 0.5) is 0 Å². The van der Waals surface area contributed by atoms with E-state index in [9.17, 15) is 0 Å². The maximum absolute atomic E-state index is 6.57. The van der Waals surface area contributed by atoms with Crippen LogP contribution in [-0.2, 0) is 25.5 Å². The SMILES string of the molecule is CC(C)(C)c1ccc(-c2[c-]cccc2)nc1.[CH3][Ge]([CH3])([CH3])[c]1ccc(-c2[c-]ccc3c2oc2cc4c(cc23)Oc2cccc3c2B4c2ccccc2O3)nc1.[Ir]. The second-order valence-electron chi connectivity index (χ2n) is 16.1. The molecule has 3 aromatic heterocycles. The molecule has 0 amide bonds. The molecule has 0 aliphatic carbocycles.